The molecule has 0 spiro atoms. The fourth-order valence-corrected chi connectivity index (χ4v) is 2.64. The predicted molar refractivity (Wildman–Crippen MR) is 86.1 cm³/mol. The fraction of sp³-hybridized carbons (Fsp3) is 0.750. The third-order valence-corrected chi connectivity index (χ3v) is 3.79. The minimum absolute atomic E-state index is 0.544. The van der Waals surface area contributed by atoms with Gasteiger partial charge >= 0.3 is 0 Å². The summed E-state index contributed by atoms with van der Waals surface area (Å²) in [5.41, 5.74) is 0.959. The van der Waals surface area contributed by atoms with Gasteiger partial charge in [0.25, 0.3) is 0 Å². The van der Waals surface area contributed by atoms with Gasteiger partial charge in [0.2, 0.25) is 11.8 Å². The highest BCUT2D eigenvalue weighted by atomic mass is 16.5. The first-order valence-electron chi connectivity index (χ1n) is 8.19. The zero-order valence-corrected chi connectivity index (χ0v) is 13.6. The standard InChI is InChI=1S/C16H28N4O/c1-4-10-21-15-11-13(3)18-16(19-15)20(5-2)12-14-8-6-7-9-17-14/h11,14,17H,4-10,12H2,1-3H3. The molecule has 21 heavy (non-hydrogen) atoms. The second-order valence-corrected chi connectivity index (χ2v) is 5.68. The third kappa shape index (κ3) is 4.84. The first kappa shape index (κ1) is 16.0. The Bertz CT molecular complexity index is 432. The largest absolute Gasteiger partial charge is 0.478 e. The number of anilines is 1. The fourth-order valence-electron chi connectivity index (χ4n) is 2.64. The Kier molecular flexibility index (Phi) is 6.23. The lowest BCUT2D eigenvalue weighted by molar-refractivity contribution is 0.304. The Morgan fingerprint density at radius 3 is 2.86 bits per heavy atom. The van der Waals surface area contributed by atoms with Crippen LogP contribution in [-0.2, 0) is 0 Å². The number of nitrogens with one attached hydrogen (secondary N) is 1. The molecule has 1 unspecified atom stereocenters. The van der Waals surface area contributed by atoms with Crippen molar-refractivity contribution < 1.29 is 4.74 Å². The van der Waals surface area contributed by atoms with E-state index < -0.39 is 0 Å². The predicted octanol–water partition coefficient (Wildman–Crippen LogP) is 2.54. The van der Waals surface area contributed by atoms with Crippen LogP contribution in [0.4, 0.5) is 5.95 Å². The van der Waals surface area contributed by atoms with Crippen LogP contribution in [0.3, 0.4) is 0 Å². The Morgan fingerprint density at radius 2 is 2.19 bits per heavy atom. The molecule has 0 amide bonds. The van der Waals surface area contributed by atoms with Gasteiger partial charge < -0.3 is 15.0 Å². The van der Waals surface area contributed by atoms with Crippen molar-refractivity contribution in [3.05, 3.63) is 11.8 Å². The van der Waals surface area contributed by atoms with Crippen molar-refractivity contribution in [3.8, 4) is 5.88 Å². The quantitative estimate of drug-likeness (QED) is 0.837. The molecule has 5 nitrogen and oxygen atoms in total. The highest BCUT2D eigenvalue weighted by Gasteiger charge is 2.18. The van der Waals surface area contributed by atoms with Gasteiger partial charge in [0.15, 0.2) is 0 Å². The average Bonchev–Trinajstić information content (AvgIpc) is 2.51. The summed E-state index contributed by atoms with van der Waals surface area (Å²) in [6, 6.07) is 2.45. The molecule has 0 radical (unpaired) electrons. The number of piperidine rings is 1. The second-order valence-electron chi connectivity index (χ2n) is 5.68. The number of rotatable bonds is 7. The molecule has 0 aromatic carbocycles. The molecule has 1 atom stereocenters. The van der Waals surface area contributed by atoms with Gasteiger partial charge in [-0.3, -0.25) is 0 Å². The molecule has 1 N–H and O–H groups in total. The van der Waals surface area contributed by atoms with E-state index in [1.54, 1.807) is 0 Å². The second kappa shape index (κ2) is 8.17. The van der Waals surface area contributed by atoms with E-state index in [0.717, 1.165) is 37.7 Å². The summed E-state index contributed by atoms with van der Waals surface area (Å²) in [6.07, 6.45) is 4.83. The van der Waals surface area contributed by atoms with Crippen LogP contribution in [0.5, 0.6) is 5.88 Å². The van der Waals surface area contributed by atoms with Crippen molar-refractivity contribution in [2.45, 2.75) is 52.5 Å². The molecule has 1 saturated heterocycles. The summed E-state index contributed by atoms with van der Waals surface area (Å²) in [6.45, 7) is 9.95. The smallest absolute Gasteiger partial charge is 0.228 e. The highest BCUT2D eigenvalue weighted by Crippen LogP contribution is 2.17. The van der Waals surface area contributed by atoms with Crippen LogP contribution in [0, 0.1) is 6.92 Å². The van der Waals surface area contributed by atoms with Crippen molar-refractivity contribution in [2.75, 3.05) is 31.1 Å². The topological polar surface area (TPSA) is 50.3 Å². The molecule has 0 saturated carbocycles. The number of hydrogen-bond donors (Lipinski definition) is 1. The molecule has 5 heteroatoms. The van der Waals surface area contributed by atoms with Crippen LogP contribution < -0.4 is 15.0 Å². The lowest BCUT2D eigenvalue weighted by atomic mass is 10.0. The zero-order valence-electron chi connectivity index (χ0n) is 13.6. The van der Waals surface area contributed by atoms with E-state index in [9.17, 15) is 0 Å². The van der Waals surface area contributed by atoms with E-state index >= 15 is 0 Å². The molecule has 118 valence electrons. The van der Waals surface area contributed by atoms with E-state index in [1.165, 1.54) is 19.3 Å². The Labute approximate surface area is 128 Å². The number of aromatic nitrogens is 2. The summed E-state index contributed by atoms with van der Waals surface area (Å²) in [4.78, 5) is 11.4. The van der Waals surface area contributed by atoms with Gasteiger partial charge in [0.05, 0.1) is 6.61 Å². The molecule has 1 aromatic heterocycles. The molecule has 1 aliphatic rings. The molecule has 1 aliphatic heterocycles. The first-order valence-corrected chi connectivity index (χ1v) is 8.19. The summed E-state index contributed by atoms with van der Waals surface area (Å²) < 4.78 is 5.67. The molecular weight excluding hydrogens is 264 g/mol. The van der Waals surface area contributed by atoms with E-state index in [2.05, 4.69) is 34.0 Å². The minimum Gasteiger partial charge on any atom is -0.478 e. The van der Waals surface area contributed by atoms with Crippen molar-refractivity contribution in [3.63, 3.8) is 0 Å². The number of aryl methyl sites for hydroxylation is 1. The number of hydrogen-bond acceptors (Lipinski definition) is 5. The normalized spacial score (nSPS) is 18.5. The third-order valence-electron chi connectivity index (χ3n) is 3.79. The van der Waals surface area contributed by atoms with E-state index in [1.807, 2.05) is 13.0 Å². The molecule has 2 rings (SSSR count). The highest BCUT2D eigenvalue weighted by molar-refractivity contribution is 5.34. The van der Waals surface area contributed by atoms with Crippen molar-refractivity contribution in [1.82, 2.24) is 15.3 Å². The Hall–Kier alpha value is -1.36. The van der Waals surface area contributed by atoms with Crippen LogP contribution in [0.1, 0.15) is 45.2 Å². The van der Waals surface area contributed by atoms with Gasteiger partial charge in [-0.05, 0) is 39.7 Å². The summed E-state index contributed by atoms with van der Waals surface area (Å²) >= 11 is 0. The van der Waals surface area contributed by atoms with E-state index in [-0.39, 0.29) is 0 Å². The van der Waals surface area contributed by atoms with Crippen LogP contribution in [0.15, 0.2) is 6.07 Å². The van der Waals surface area contributed by atoms with Gasteiger partial charge in [-0.15, -0.1) is 0 Å². The van der Waals surface area contributed by atoms with E-state index in [0.29, 0.717) is 18.5 Å². The van der Waals surface area contributed by atoms with E-state index in [4.69, 9.17) is 4.74 Å². The lowest BCUT2D eigenvalue weighted by Gasteiger charge is -2.30. The molecule has 0 aliphatic carbocycles. The van der Waals surface area contributed by atoms with Crippen molar-refractivity contribution in [2.24, 2.45) is 0 Å². The summed E-state index contributed by atoms with van der Waals surface area (Å²) in [5.74, 6) is 1.48. The molecule has 1 aromatic rings. The van der Waals surface area contributed by atoms with Gasteiger partial charge in [-0.2, -0.15) is 4.98 Å². The van der Waals surface area contributed by atoms with Crippen LogP contribution in [-0.4, -0.2) is 42.3 Å². The number of nitrogens with zero attached hydrogens (tertiary/aromatic N) is 3. The van der Waals surface area contributed by atoms with Crippen LogP contribution in [0.25, 0.3) is 0 Å². The molecule has 0 bridgehead atoms. The van der Waals surface area contributed by atoms with Crippen molar-refractivity contribution in [1.29, 1.82) is 0 Å². The van der Waals surface area contributed by atoms with Gasteiger partial charge in [-0.25, -0.2) is 4.98 Å². The van der Waals surface area contributed by atoms with Crippen LogP contribution in [0.2, 0.25) is 0 Å². The summed E-state index contributed by atoms with van der Waals surface area (Å²) in [5, 5.41) is 3.59. The Morgan fingerprint density at radius 1 is 1.33 bits per heavy atom. The molecule has 1 fully saturated rings. The monoisotopic (exact) mass is 292 g/mol. The molecule has 2 heterocycles. The molecular formula is C16H28N4O. The Balaban J connectivity index is 2.06. The minimum atomic E-state index is 0.544. The maximum atomic E-state index is 5.67. The average molecular weight is 292 g/mol. The SMILES string of the molecule is CCCOc1cc(C)nc(N(CC)CC2CCCCN2)n1. The van der Waals surface area contributed by atoms with Gasteiger partial charge in [0, 0.05) is 30.9 Å². The lowest BCUT2D eigenvalue weighted by Crippen LogP contribution is -2.44. The van der Waals surface area contributed by atoms with Gasteiger partial charge in [-0.1, -0.05) is 13.3 Å². The number of likely N-dealkylation sites (N-methyl/N-ethyl adjacent to an activating group) is 1. The maximum absolute atomic E-state index is 5.67. The van der Waals surface area contributed by atoms with Crippen LogP contribution >= 0.6 is 0 Å². The first-order chi connectivity index (χ1) is 10.2. The maximum Gasteiger partial charge on any atom is 0.228 e. The number of ether oxygens (including phenoxy) is 1. The van der Waals surface area contributed by atoms with Crippen molar-refractivity contribution >= 4 is 5.95 Å². The van der Waals surface area contributed by atoms with Gasteiger partial charge in [0.1, 0.15) is 0 Å². The summed E-state index contributed by atoms with van der Waals surface area (Å²) in [7, 11) is 0. The zero-order chi connectivity index (χ0) is 15.1.